The molecule has 0 bridgehead atoms. The molecule has 110 valence electrons. The van der Waals surface area contributed by atoms with Crippen LogP contribution in [0.25, 0.3) is 11.4 Å². The molecule has 0 spiro atoms. The van der Waals surface area contributed by atoms with Crippen molar-refractivity contribution in [3.8, 4) is 11.4 Å². The molecule has 5 heteroatoms. The Kier molecular flexibility index (Phi) is 4.57. The van der Waals surface area contributed by atoms with Crippen molar-refractivity contribution < 1.29 is 0 Å². The molecule has 1 atom stereocenters. The number of aromatic nitrogens is 2. The van der Waals surface area contributed by atoms with Gasteiger partial charge >= 0.3 is 0 Å². The van der Waals surface area contributed by atoms with Crippen LogP contribution in [0.5, 0.6) is 0 Å². The van der Waals surface area contributed by atoms with E-state index in [1.54, 1.807) is 0 Å². The number of nitrogens with one attached hydrogen (secondary N) is 1. The first kappa shape index (κ1) is 14.9. The Morgan fingerprint density at radius 1 is 1.43 bits per heavy atom. The average molecular weight is 367 g/mol. The number of aryl methyl sites for hydroxylation is 1. The molecule has 1 aromatic carbocycles. The van der Waals surface area contributed by atoms with E-state index < -0.39 is 0 Å². The van der Waals surface area contributed by atoms with E-state index in [1.165, 1.54) is 12.0 Å². The third kappa shape index (κ3) is 3.12. The van der Waals surface area contributed by atoms with Gasteiger partial charge in [-0.1, -0.05) is 18.5 Å². The maximum Gasteiger partial charge on any atom is 0.159 e. The van der Waals surface area contributed by atoms with Gasteiger partial charge in [-0.2, -0.15) is 0 Å². The first-order valence-electron chi connectivity index (χ1n) is 7.23. The molecule has 0 fully saturated rings. The van der Waals surface area contributed by atoms with E-state index in [-0.39, 0.29) is 0 Å². The number of fused-ring (bicyclic) bond motifs is 1. The Labute approximate surface area is 138 Å². The quantitative estimate of drug-likeness (QED) is 0.866. The molecular formula is C16H17BrClN3. The minimum atomic E-state index is 0.390. The molecule has 0 radical (unpaired) electrons. The van der Waals surface area contributed by atoms with Crippen LogP contribution in [-0.4, -0.2) is 16.5 Å². The Balaban J connectivity index is 1.97. The second-order valence-electron chi connectivity index (χ2n) is 5.23. The van der Waals surface area contributed by atoms with Gasteiger partial charge in [0.05, 0.1) is 5.02 Å². The predicted molar refractivity (Wildman–Crippen MR) is 89.5 cm³/mol. The minimum Gasteiger partial charge on any atom is -0.310 e. The van der Waals surface area contributed by atoms with E-state index in [9.17, 15) is 0 Å². The Morgan fingerprint density at radius 3 is 3.05 bits per heavy atom. The summed E-state index contributed by atoms with van der Waals surface area (Å²) in [6.07, 6.45) is 5.33. The minimum absolute atomic E-state index is 0.390. The van der Waals surface area contributed by atoms with E-state index in [1.807, 2.05) is 24.4 Å². The summed E-state index contributed by atoms with van der Waals surface area (Å²) in [4.78, 5) is 9.30. The Hall–Kier alpha value is -0.970. The lowest BCUT2D eigenvalue weighted by Gasteiger charge is -2.25. The van der Waals surface area contributed by atoms with Crippen molar-refractivity contribution in [1.29, 1.82) is 0 Å². The van der Waals surface area contributed by atoms with Crippen LogP contribution in [0, 0.1) is 0 Å². The van der Waals surface area contributed by atoms with Gasteiger partial charge in [0.1, 0.15) is 0 Å². The summed E-state index contributed by atoms with van der Waals surface area (Å²) in [5.74, 6) is 0.750. The zero-order valence-corrected chi connectivity index (χ0v) is 14.2. The fourth-order valence-electron chi connectivity index (χ4n) is 2.78. The van der Waals surface area contributed by atoms with Gasteiger partial charge in [-0.15, -0.1) is 0 Å². The predicted octanol–water partition coefficient (Wildman–Crippen LogP) is 4.55. The van der Waals surface area contributed by atoms with E-state index in [2.05, 4.69) is 33.2 Å². The summed E-state index contributed by atoms with van der Waals surface area (Å²) in [6, 6.07) is 6.21. The molecule has 3 rings (SSSR count). The topological polar surface area (TPSA) is 37.8 Å². The molecular weight excluding hydrogens is 350 g/mol. The first-order chi connectivity index (χ1) is 10.2. The van der Waals surface area contributed by atoms with Gasteiger partial charge in [0.25, 0.3) is 0 Å². The molecule has 3 nitrogen and oxygen atoms in total. The van der Waals surface area contributed by atoms with Crippen LogP contribution in [0.15, 0.2) is 28.9 Å². The molecule has 0 saturated carbocycles. The monoisotopic (exact) mass is 365 g/mol. The lowest BCUT2D eigenvalue weighted by molar-refractivity contribution is 0.464. The molecule has 1 aromatic heterocycles. The highest BCUT2D eigenvalue weighted by molar-refractivity contribution is 9.10. The van der Waals surface area contributed by atoms with Crippen molar-refractivity contribution in [3.05, 3.63) is 45.1 Å². The van der Waals surface area contributed by atoms with Gasteiger partial charge in [-0.05, 0) is 59.9 Å². The fraction of sp³-hybridized carbons (Fsp3) is 0.375. The van der Waals surface area contributed by atoms with Crippen molar-refractivity contribution in [2.24, 2.45) is 0 Å². The normalized spacial score (nSPS) is 17.6. The number of halogens is 2. The molecule has 1 aliphatic rings. The van der Waals surface area contributed by atoms with Crippen molar-refractivity contribution in [3.63, 3.8) is 0 Å². The highest BCUT2D eigenvalue weighted by atomic mass is 79.9. The van der Waals surface area contributed by atoms with Crippen LogP contribution in [0.2, 0.25) is 5.02 Å². The zero-order valence-electron chi connectivity index (χ0n) is 11.9. The molecule has 0 aliphatic heterocycles. The third-order valence-electron chi connectivity index (χ3n) is 3.81. The molecule has 2 aromatic rings. The van der Waals surface area contributed by atoms with Gasteiger partial charge in [0.2, 0.25) is 0 Å². The summed E-state index contributed by atoms with van der Waals surface area (Å²) in [6.45, 7) is 3.10. The number of nitrogens with zero attached hydrogens (tertiary/aromatic N) is 2. The van der Waals surface area contributed by atoms with Gasteiger partial charge in [-0.3, -0.25) is 0 Å². The van der Waals surface area contributed by atoms with Gasteiger partial charge < -0.3 is 5.32 Å². The standard InChI is InChI=1S/C16H17BrClN3/c1-2-19-14-4-3-5-15-11(14)9-20-16(21-15)10-6-7-12(17)13(18)8-10/h6-9,14,19H,2-5H2,1H3. The molecule has 1 N–H and O–H groups in total. The average Bonchev–Trinajstić information content (AvgIpc) is 2.50. The zero-order chi connectivity index (χ0) is 14.8. The maximum absolute atomic E-state index is 6.16. The molecule has 1 heterocycles. The number of rotatable bonds is 3. The van der Waals surface area contributed by atoms with Crippen LogP contribution in [0.4, 0.5) is 0 Å². The van der Waals surface area contributed by atoms with Gasteiger partial charge in [0, 0.05) is 33.5 Å². The van der Waals surface area contributed by atoms with Crippen molar-refractivity contribution in [1.82, 2.24) is 15.3 Å². The lowest BCUT2D eigenvalue weighted by Crippen LogP contribution is -2.25. The molecule has 21 heavy (non-hydrogen) atoms. The van der Waals surface area contributed by atoms with Crippen LogP contribution < -0.4 is 5.32 Å². The van der Waals surface area contributed by atoms with Crippen molar-refractivity contribution in [2.75, 3.05) is 6.54 Å². The Morgan fingerprint density at radius 2 is 2.29 bits per heavy atom. The second-order valence-corrected chi connectivity index (χ2v) is 6.49. The second kappa shape index (κ2) is 6.42. The van der Waals surface area contributed by atoms with Crippen LogP contribution in [0.1, 0.15) is 37.1 Å². The van der Waals surface area contributed by atoms with E-state index in [4.69, 9.17) is 16.6 Å². The Bertz CT molecular complexity index is 660. The summed E-state index contributed by atoms with van der Waals surface area (Å²) in [5.41, 5.74) is 3.36. The largest absolute Gasteiger partial charge is 0.310 e. The van der Waals surface area contributed by atoms with E-state index in [0.717, 1.165) is 40.9 Å². The molecule has 0 saturated heterocycles. The summed E-state index contributed by atoms with van der Waals surface area (Å²) < 4.78 is 0.887. The van der Waals surface area contributed by atoms with Gasteiger partial charge in [0.15, 0.2) is 5.82 Å². The maximum atomic E-state index is 6.16. The van der Waals surface area contributed by atoms with E-state index >= 15 is 0 Å². The van der Waals surface area contributed by atoms with E-state index in [0.29, 0.717) is 11.1 Å². The first-order valence-corrected chi connectivity index (χ1v) is 8.40. The smallest absolute Gasteiger partial charge is 0.159 e. The van der Waals surface area contributed by atoms with Crippen molar-refractivity contribution in [2.45, 2.75) is 32.2 Å². The summed E-state index contributed by atoms with van der Waals surface area (Å²) in [5, 5.41) is 4.19. The molecule has 1 aliphatic carbocycles. The number of hydrogen-bond donors (Lipinski definition) is 1. The summed E-state index contributed by atoms with van der Waals surface area (Å²) in [7, 11) is 0. The SMILES string of the molecule is CCNC1CCCc2nc(-c3ccc(Br)c(Cl)c3)ncc21. The molecule has 1 unspecified atom stereocenters. The third-order valence-corrected chi connectivity index (χ3v) is 5.04. The van der Waals surface area contributed by atoms with Crippen LogP contribution >= 0.6 is 27.5 Å². The lowest BCUT2D eigenvalue weighted by atomic mass is 9.92. The van der Waals surface area contributed by atoms with Crippen LogP contribution in [-0.2, 0) is 6.42 Å². The molecule has 0 amide bonds. The highest BCUT2D eigenvalue weighted by Gasteiger charge is 2.21. The summed E-state index contributed by atoms with van der Waals surface area (Å²) >= 11 is 9.57. The fourth-order valence-corrected chi connectivity index (χ4v) is 3.21. The van der Waals surface area contributed by atoms with Crippen molar-refractivity contribution >= 4 is 27.5 Å². The highest BCUT2D eigenvalue weighted by Crippen LogP contribution is 2.31. The number of benzene rings is 1. The van der Waals surface area contributed by atoms with Crippen LogP contribution in [0.3, 0.4) is 0 Å². The van der Waals surface area contributed by atoms with Gasteiger partial charge in [-0.25, -0.2) is 9.97 Å². The number of hydrogen-bond acceptors (Lipinski definition) is 3.